The van der Waals surface area contributed by atoms with Crippen LogP contribution in [0.3, 0.4) is 0 Å². The van der Waals surface area contributed by atoms with Crippen molar-refractivity contribution in [3.05, 3.63) is 46.3 Å². The van der Waals surface area contributed by atoms with Crippen LogP contribution in [0.25, 0.3) is 0 Å². The van der Waals surface area contributed by atoms with E-state index in [1.807, 2.05) is 25.1 Å². The second-order valence-electron chi connectivity index (χ2n) is 4.97. The number of nitrogens with zero attached hydrogens (tertiary/aromatic N) is 2. The van der Waals surface area contributed by atoms with Crippen LogP contribution >= 0.6 is 15.9 Å². The molecule has 0 atom stereocenters. The fourth-order valence-electron chi connectivity index (χ4n) is 1.92. The molecule has 0 aliphatic carbocycles. The fraction of sp³-hybridized carbons (Fsp3) is 0.312. The lowest BCUT2D eigenvalue weighted by Crippen LogP contribution is -2.15. The second-order valence-corrected chi connectivity index (χ2v) is 5.89. The molecule has 2 aromatic rings. The van der Waals surface area contributed by atoms with Gasteiger partial charge in [-0.15, -0.1) is 0 Å². The van der Waals surface area contributed by atoms with Crippen LogP contribution < -0.4 is 10.6 Å². The average Bonchev–Trinajstić information content (AvgIpc) is 2.55. The molecular weight excluding hydrogens is 360 g/mol. The van der Waals surface area contributed by atoms with Gasteiger partial charge in [-0.2, -0.15) is 0 Å². The van der Waals surface area contributed by atoms with Gasteiger partial charge in [0.05, 0.1) is 12.4 Å². The summed E-state index contributed by atoms with van der Waals surface area (Å²) in [6.07, 6.45) is 3.89. The zero-order valence-electron chi connectivity index (χ0n) is 13.1. The summed E-state index contributed by atoms with van der Waals surface area (Å²) in [5.74, 6) is 0.353. The Morgan fingerprint density at radius 2 is 2.13 bits per heavy atom. The second kappa shape index (κ2) is 8.59. The number of amides is 1. The maximum absolute atomic E-state index is 12.2. The van der Waals surface area contributed by atoms with Crippen LogP contribution in [0.5, 0.6) is 0 Å². The number of nitrogens with one attached hydrogen (secondary N) is 2. The highest BCUT2D eigenvalue weighted by Crippen LogP contribution is 2.20. The van der Waals surface area contributed by atoms with E-state index in [0.29, 0.717) is 12.4 Å². The number of benzene rings is 1. The van der Waals surface area contributed by atoms with Crippen molar-refractivity contribution < 1.29 is 9.53 Å². The van der Waals surface area contributed by atoms with Gasteiger partial charge < -0.3 is 15.4 Å². The fourth-order valence-corrected chi connectivity index (χ4v) is 2.40. The van der Waals surface area contributed by atoms with Gasteiger partial charge in [-0.05, 0) is 37.1 Å². The summed E-state index contributed by atoms with van der Waals surface area (Å²) in [7, 11) is 1.67. The van der Waals surface area contributed by atoms with Crippen molar-refractivity contribution in [2.45, 2.75) is 13.3 Å². The molecule has 2 N–H and O–H groups in total. The molecule has 0 aliphatic rings. The molecule has 0 fully saturated rings. The lowest BCUT2D eigenvalue weighted by Gasteiger charge is -2.09. The number of hydrogen-bond donors (Lipinski definition) is 2. The van der Waals surface area contributed by atoms with Crippen molar-refractivity contribution in [1.82, 2.24) is 9.97 Å². The molecule has 23 heavy (non-hydrogen) atoms. The molecule has 1 aromatic carbocycles. The number of aromatic nitrogens is 2. The highest BCUT2D eigenvalue weighted by Gasteiger charge is 2.10. The first kappa shape index (κ1) is 17.4. The zero-order valence-corrected chi connectivity index (χ0v) is 14.7. The number of carbonyl (C=O) groups excluding carboxylic acids is 1. The van der Waals surface area contributed by atoms with E-state index in [4.69, 9.17) is 4.74 Å². The van der Waals surface area contributed by atoms with E-state index in [1.54, 1.807) is 13.3 Å². The molecule has 6 nitrogen and oxygen atoms in total. The molecule has 1 aromatic heterocycles. The normalized spacial score (nSPS) is 10.4. The first-order valence-corrected chi connectivity index (χ1v) is 8.02. The van der Waals surface area contributed by atoms with Crippen molar-refractivity contribution in [3.63, 3.8) is 0 Å². The number of halogens is 1. The van der Waals surface area contributed by atoms with Gasteiger partial charge in [-0.25, -0.2) is 9.97 Å². The number of rotatable bonds is 7. The van der Waals surface area contributed by atoms with Crippen molar-refractivity contribution in [3.8, 4) is 0 Å². The summed E-state index contributed by atoms with van der Waals surface area (Å²) in [6.45, 7) is 3.36. The summed E-state index contributed by atoms with van der Waals surface area (Å²) in [5, 5.41) is 5.95. The van der Waals surface area contributed by atoms with Crippen LogP contribution in [0.4, 0.5) is 11.5 Å². The van der Waals surface area contributed by atoms with E-state index in [1.165, 1.54) is 6.20 Å². The summed E-state index contributed by atoms with van der Waals surface area (Å²) < 4.78 is 5.94. The van der Waals surface area contributed by atoms with Gasteiger partial charge >= 0.3 is 0 Å². The van der Waals surface area contributed by atoms with Crippen molar-refractivity contribution in [1.29, 1.82) is 0 Å². The monoisotopic (exact) mass is 378 g/mol. The largest absolute Gasteiger partial charge is 0.385 e. The third-order valence-electron chi connectivity index (χ3n) is 3.15. The Bertz CT molecular complexity index is 662. The third kappa shape index (κ3) is 5.30. The van der Waals surface area contributed by atoms with Crippen LogP contribution in [0, 0.1) is 6.92 Å². The van der Waals surface area contributed by atoms with Gasteiger partial charge in [-0.3, -0.25) is 4.79 Å². The smallest absolute Gasteiger partial charge is 0.275 e. The minimum atomic E-state index is -0.283. The van der Waals surface area contributed by atoms with Gasteiger partial charge in [0.25, 0.3) is 5.91 Å². The van der Waals surface area contributed by atoms with Crippen LogP contribution in [0.15, 0.2) is 35.1 Å². The molecule has 0 saturated heterocycles. The Morgan fingerprint density at radius 1 is 1.30 bits per heavy atom. The highest BCUT2D eigenvalue weighted by molar-refractivity contribution is 9.10. The van der Waals surface area contributed by atoms with Gasteiger partial charge in [0.1, 0.15) is 11.5 Å². The van der Waals surface area contributed by atoms with Gasteiger partial charge in [0.2, 0.25) is 0 Å². The van der Waals surface area contributed by atoms with Crippen molar-refractivity contribution in [2.75, 3.05) is 30.9 Å². The van der Waals surface area contributed by atoms with Crippen LogP contribution in [0.2, 0.25) is 0 Å². The highest BCUT2D eigenvalue weighted by atomic mass is 79.9. The number of carbonyl (C=O) groups is 1. The molecule has 0 bridgehead atoms. The number of anilines is 2. The molecule has 0 spiro atoms. The minimum absolute atomic E-state index is 0.273. The quantitative estimate of drug-likeness (QED) is 0.723. The zero-order chi connectivity index (χ0) is 16.7. The standard InChI is InChI=1S/C16H19BrN4O2/c1-11-8-12(17)4-5-13(11)21-16(22)14-9-20-15(10-19-14)18-6-3-7-23-2/h4-5,8-10H,3,6-7H2,1-2H3,(H,18,20)(H,21,22). The average molecular weight is 379 g/mol. The summed E-state index contributed by atoms with van der Waals surface area (Å²) in [6, 6.07) is 5.66. The molecule has 1 heterocycles. The molecule has 122 valence electrons. The molecular formula is C16H19BrN4O2. The van der Waals surface area contributed by atoms with Crippen molar-refractivity contribution >= 4 is 33.3 Å². The lowest BCUT2D eigenvalue weighted by molar-refractivity contribution is 0.102. The Kier molecular flexibility index (Phi) is 6.49. The van der Waals surface area contributed by atoms with Crippen LogP contribution in [-0.2, 0) is 4.74 Å². The van der Waals surface area contributed by atoms with E-state index in [2.05, 4.69) is 36.5 Å². The molecule has 2 rings (SSSR count). The predicted octanol–water partition coefficient (Wildman–Crippen LogP) is 3.25. The summed E-state index contributed by atoms with van der Waals surface area (Å²) in [5.41, 5.74) is 1.99. The van der Waals surface area contributed by atoms with Gasteiger partial charge in [-0.1, -0.05) is 15.9 Å². The summed E-state index contributed by atoms with van der Waals surface area (Å²) in [4.78, 5) is 20.5. The number of ether oxygens (including phenoxy) is 1. The topological polar surface area (TPSA) is 76.1 Å². The first-order valence-electron chi connectivity index (χ1n) is 7.22. The van der Waals surface area contributed by atoms with Gasteiger partial charge in [0, 0.05) is 30.4 Å². The van der Waals surface area contributed by atoms with Crippen LogP contribution in [-0.4, -0.2) is 36.1 Å². The molecule has 7 heteroatoms. The SMILES string of the molecule is COCCCNc1cnc(C(=O)Nc2ccc(Br)cc2C)cn1. The first-order chi connectivity index (χ1) is 11.1. The molecule has 0 unspecified atom stereocenters. The van der Waals surface area contributed by atoms with Gasteiger partial charge in [0.15, 0.2) is 0 Å². The number of methoxy groups -OCH3 is 1. The van der Waals surface area contributed by atoms with Crippen LogP contribution in [0.1, 0.15) is 22.5 Å². The minimum Gasteiger partial charge on any atom is -0.385 e. The molecule has 0 saturated carbocycles. The maximum atomic E-state index is 12.2. The number of hydrogen-bond acceptors (Lipinski definition) is 5. The summed E-state index contributed by atoms with van der Waals surface area (Å²) >= 11 is 3.40. The Balaban J connectivity index is 1.94. The predicted molar refractivity (Wildman–Crippen MR) is 93.8 cm³/mol. The van der Waals surface area contributed by atoms with E-state index in [0.717, 1.165) is 28.7 Å². The van der Waals surface area contributed by atoms with E-state index in [-0.39, 0.29) is 11.6 Å². The maximum Gasteiger partial charge on any atom is 0.275 e. The molecule has 1 amide bonds. The Hall–Kier alpha value is -1.99. The Morgan fingerprint density at radius 3 is 2.78 bits per heavy atom. The molecule has 0 radical (unpaired) electrons. The Labute approximate surface area is 143 Å². The third-order valence-corrected chi connectivity index (χ3v) is 3.65. The van der Waals surface area contributed by atoms with Crippen molar-refractivity contribution in [2.24, 2.45) is 0 Å². The van der Waals surface area contributed by atoms with E-state index >= 15 is 0 Å². The van der Waals surface area contributed by atoms with E-state index < -0.39 is 0 Å². The number of aryl methyl sites for hydroxylation is 1. The lowest BCUT2D eigenvalue weighted by atomic mass is 10.2. The van der Waals surface area contributed by atoms with E-state index in [9.17, 15) is 4.79 Å². The molecule has 0 aliphatic heterocycles.